The van der Waals surface area contributed by atoms with Crippen molar-refractivity contribution in [3.63, 3.8) is 0 Å². The molecule has 1 heterocycles. The molecule has 3 N–H and O–H groups in total. The predicted molar refractivity (Wildman–Crippen MR) is 135 cm³/mol. The number of rotatable bonds is 5. The van der Waals surface area contributed by atoms with E-state index in [1.807, 2.05) is 12.1 Å². The van der Waals surface area contributed by atoms with Gasteiger partial charge in [0.15, 0.2) is 0 Å². The molecular weight excluding hydrogens is 471 g/mol. The van der Waals surface area contributed by atoms with Gasteiger partial charge in [-0.05, 0) is 66.6 Å². The number of nitrogens with one attached hydrogen (secondary N) is 1. The smallest absolute Gasteiger partial charge is 0.356 e. The molecule has 1 aliphatic rings. The van der Waals surface area contributed by atoms with Crippen LogP contribution in [0.2, 0.25) is 5.02 Å². The third-order valence-electron chi connectivity index (χ3n) is 6.56. The van der Waals surface area contributed by atoms with Gasteiger partial charge >= 0.3 is 7.60 Å². The van der Waals surface area contributed by atoms with Crippen molar-refractivity contribution in [2.24, 2.45) is 0 Å². The number of aromatic nitrogens is 2. The van der Waals surface area contributed by atoms with Crippen LogP contribution in [0.5, 0.6) is 11.8 Å². The number of H-pyrrole nitrogens is 1. The van der Waals surface area contributed by atoms with Crippen molar-refractivity contribution in [1.29, 1.82) is 0 Å². The standard InChI is InChI=1S/C26H26ClN2O4P/c1-16-7-12-20(13-25(16)34(30,31)32)33-26-28-23-14-21(22(27)15-24(23)29-26)19-10-8-18(9-11-19)17-5-3-2-4-6-17/h7-15,17H,2-6H2,1H3,(H,28,29)(H2,30,31,32). The minimum Gasteiger partial charge on any atom is -0.426 e. The van der Waals surface area contributed by atoms with Gasteiger partial charge in [-0.3, -0.25) is 4.57 Å². The van der Waals surface area contributed by atoms with Crippen LogP contribution in [0.25, 0.3) is 22.2 Å². The van der Waals surface area contributed by atoms with Gasteiger partial charge in [-0.25, -0.2) is 0 Å². The Labute approximate surface area is 203 Å². The molecule has 176 valence electrons. The van der Waals surface area contributed by atoms with Crippen LogP contribution < -0.4 is 10.0 Å². The first kappa shape index (κ1) is 23.1. The lowest BCUT2D eigenvalue weighted by Gasteiger charge is -2.22. The van der Waals surface area contributed by atoms with Gasteiger partial charge in [0.2, 0.25) is 0 Å². The summed E-state index contributed by atoms with van der Waals surface area (Å²) in [7, 11) is -4.40. The third-order valence-corrected chi connectivity index (χ3v) is 7.98. The molecule has 8 heteroatoms. The van der Waals surface area contributed by atoms with Gasteiger partial charge in [-0.15, -0.1) is 0 Å². The van der Waals surface area contributed by atoms with E-state index in [4.69, 9.17) is 16.3 Å². The van der Waals surface area contributed by atoms with Gasteiger partial charge in [-0.1, -0.05) is 61.2 Å². The largest absolute Gasteiger partial charge is 0.426 e. The highest BCUT2D eigenvalue weighted by Crippen LogP contribution is 2.38. The van der Waals surface area contributed by atoms with Crippen LogP contribution in [0.3, 0.4) is 0 Å². The topological polar surface area (TPSA) is 95.4 Å². The number of ether oxygens (including phenoxy) is 1. The molecule has 0 amide bonds. The SMILES string of the molecule is Cc1ccc(Oc2nc3cc(-c4ccc(C5CCCCC5)cc4)c(Cl)cc3[nH]2)cc1P(=O)(O)O. The summed E-state index contributed by atoms with van der Waals surface area (Å²) in [5, 5.41) is 0.537. The Morgan fingerprint density at radius 3 is 2.47 bits per heavy atom. The lowest BCUT2D eigenvalue weighted by Crippen LogP contribution is -2.08. The van der Waals surface area contributed by atoms with Gasteiger partial charge < -0.3 is 19.5 Å². The first-order chi connectivity index (χ1) is 16.3. The quantitative estimate of drug-likeness (QED) is 0.263. The van der Waals surface area contributed by atoms with Crippen molar-refractivity contribution in [3.8, 4) is 22.9 Å². The fourth-order valence-corrected chi connectivity index (χ4v) is 5.83. The number of benzene rings is 3. The number of hydrogen-bond donors (Lipinski definition) is 3. The van der Waals surface area contributed by atoms with E-state index in [1.54, 1.807) is 19.1 Å². The van der Waals surface area contributed by atoms with E-state index in [-0.39, 0.29) is 17.1 Å². The molecule has 0 radical (unpaired) electrons. The molecule has 0 aliphatic heterocycles. The Morgan fingerprint density at radius 1 is 1.03 bits per heavy atom. The number of nitrogens with zero attached hydrogens (tertiary/aromatic N) is 1. The molecule has 3 aromatic carbocycles. The zero-order valence-electron chi connectivity index (χ0n) is 18.8. The van der Waals surface area contributed by atoms with Crippen LogP contribution in [-0.4, -0.2) is 19.8 Å². The van der Waals surface area contributed by atoms with E-state index in [1.165, 1.54) is 43.7 Å². The molecule has 0 spiro atoms. The average molecular weight is 497 g/mol. The number of aromatic amines is 1. The van der Waals surface area contributed by atoms with Crippen LogP contribution >= 0.6 is 19.2 Å². The molecule has 4 aromatic rings. The first-order valence-electron chi connectivity index (χ1n) is 11.4. The van der Waals surface area contributed by atoms with Gasteiger partial charge in [0.05, 0.1) is 21.4 Å². The Hall–Kier alpha value is -2.63. The number of aryl methyl sites for hydroxylation is 1. The van der Waals surface area contributed by atoms with Crippen LogP contribution in [0.1, 0.15) is 49.1 Å². The Kier molecular flexibility index (Phi) is 6.26. The molecule has 1 saturated carbocycles. The van der Waals surface area contributed by atoms with Gasteiger partial charge in [0.1, 0.15) is 5.75 Å². The molecule has 5 rings (SSSR count). The molecular formula is C26H26ClN2O4P. The molecule has 6 nitrogen and oxygen atoms in total. The van der Waals surface area contributed by atoms with Crippen LogP contribution in [-0.2, 0) is 4.57 Å². The van der Waals surface area contributed by atoms with E-state index in [9.17, 15) is 14.4 Å². The van der Waals surface area contributed by atoms with E-state index in [0.717, 1.165) is 11.1 Å². The molecule has 0 bridgehead atoms. The highest BCUT2D eigenvalue weighted by molar-refractivity contribution is 7.60. The monoisotopic (exact) mass is 496 g/mol. The highest BCUT2D eigenvalue weighted by Gasteiger charge is 2.21. The van der Waals surface area contributed by atoms with E-state index in [0.29, 0.717) is 27.5 Å². The van der Waals surface area contributed by atoms with Crippen molar-refractivity contribution in [3.05, 3.63) is 70.7 Å². The number of fused-ring (bicyclic) bond motifs is 1. The normalized spacial score (nSPS) is 15.1. The van der Waals surface area contributed by atoms with Crippen LogP contribution in [0, 0.1) is 6.92 Å². The maximum Gasteiger partial charge on any atom is 0.356 e. The Balaban J connectivity index is 1.41. The van der Waals surface area contributed by atoms with E-state index >= 15 is 0 Å². The van der Waals surface area contributed by atoms with Gasteiger partial charge in [0, 0.05) is 5.56 Å². The fraction of sp³-hybridized carbons (Fsp3) is 0.269. The maximum atomic E-state index is 11.7. The Morgan fingerprint density at radius 2 is 1.76 bits per heavy atom. The Bertz CT molecular complexity index is 1390. The summed E-state index contributed by atoms with van der Waals surface area (Å²) in [5.41, 5.74) is 5.21. The van der Waals surface area contributed by atoms with E-state index in [2.05, 4.69) is 34.2 Å². The van der Waals surface area contributed by atoms with Crippen LogP contribution in [0.4, 0.5) is 0 Å². The number of halogens is 1. The molecule has 34 heavy (non-hydrogen) atoms. The zero-order valence-corrected chi connectivity index (χ0v) is 20.4. The summed E-state index contributed by atoms with van der Waals surface area (Å²) < 4.78 is 17.5. The molecule has 1 fully saturated rings. The fourth-order valence-electron chi connectivity index (χ4n) is 4.73. The summed E-state index contributed by atoms with van der Waals surface area (Å²) in [6.07, 6.45) is 6.48. The second-order valence-electron chi connectivity index (χ2n) is 8.94. The lowest BCUT2D eigenvalue weighted by atomic mass is 9.84. The van der Waals surface area contributed by atoms with Gasteiger partial charge in [0.25, 0.3) is 6.01 Å². The minimum atomic E-state index is -4.40. The lowest BCUT2D eigenvalue weighted by molar-refractivity contribution is 0.386. The van der Waals surface area contributed by atoms with Crippen molar-refractivity contribution >= 4 is 35.5 Å². The van der Waals surface area contributed by atoms with Crippen molar-refractivity contribution in [1.82, 2.24) is 9.97 Å². The first-order valence-corrected chi connectivity index (χ1v) is 13.4. The van der Waals surface area contributed by atoms with Crippen molar-refractivity contribution in [2.75, 3.05) is 0 Å². The highest BCUT2D eigenvalue weighted by atomic mass is 35.5. The summed E-state index contributed by atoms with van der Waals surface area (Å²) in [5.74, 6) is 0.937. The van der Waals surface area contributed by atoms with Crippen molar-refractivity contribution < 1.29 is 19.1 Å². The second-order valence-corrected chi connectivity index (χ2v) is 10.9. The molecule has 1 aliphatic carbocycles. The summed E-state index contributed by atoms with van der Waals surface area (Å²) >= 11 is 6.61. The van der Waals surface area contributed by atoms with Crippen molar-refractivity contribution in [2.45, 2.75) is 44.9 Å². The predicted octanol–water partition coefficient (Wildman–Crippen LogP) is 6.83. The van der Waals surface area contributed by atoms with Crippen LogP contribution in [0.15, 0.2) is 54.6 Å². The maximum absolute atomic E-state index is 11.7. The summed E-state index contributed by atoms with van der Waals surface area (Å²) in [4.78, 5) is 26.7. The van der Waals surface area contributed by atoms with Gasteiger partial charge in [-0.2, -0.15) is 4.98 Å². The van der Waals surface area contributed by atoms with E-state index < -0.39 is 7.60 Å². The number of hydrogen-bond acceptors (Lipinski definition) is 3. The zero-order chi connectivity index (χ0) is 23.9. The molecule has 0 unspecified atom stereocenters. The molecule has 0 saturated heterocycles. The summed E-state index contributed by atoms with van der Waals surface area (Å²) in [6, 6.07) is 17.2. The average Bonchev–Trinajstić information content (AvgIpc) is 3.20. The minimum absolute atomic E-state index is 0.0666. The second kappa shape index (κ2) is 9.20. The number of imidazole rings is 1. The third kappa shape index (κ3) is 4.77. The summed E-state index contributed by atoms with van der Waals surface area (Å²) in [6.45, 7) is 1.64. The molecule has 1 aromatic heterocycles. The molecule has 0 atom stereocenters.